The van der Waals surface area contributed by atoms with Crippen molar-refractivity contribution in [3.63, 3.8) is 0 Å². The van der Waals surface area contributed by atoms with Gasteiger partial charge in [0, 0.05) is 17.1 Å². The summed E-state index contributed by atoms with van der Waals surface area (Å²) in [5.74, 6) is -1.17. The molecule has 2 rings (SSSR count). The summed E-state index contributed by atoms with van der Waals surface area (Å²) in [5.41, 5.74) is 1.01. The highest BCUT2D eigenvalue weighted by molar-refractivity contribution is 6.30. The number of hydrogen-bond donors (Lipinski definition) is 1. The largest absolute Gasteiger partial charge is 0.391 e. The molecule has 0 heterocycles. The first-order chi connectivity index (χ1) is 9.36. The lowest BCUT2D eigenvalue weighted by Crippen LogP contribution is -2.39. The van der Waals surface area contributed by atoms with Crippen molar-refractivity contribution in [1.82, 2.24) is 5.32 Å². The SMILES string of the molecule is C[C@H](NC1CCCC(C(F)(F)F)C1)c1cccc(Cl)c1. The van der Waals surface area contributed by atoms with Gasteiger partial charge in [0.1, 0.15) is 0 Å². The van der Waals surface area contributed by atoms with Crippen LogP contribution in [-0.4, -0.2) is 12.2 Å². The summed E-state index contributed by atoms with van der Waals surface area (Å²) in [6.45, 7) is 1.96. The van der Waals surface area contributed by atoms with Crippen molar-refractivity contribution >= 4 is 11.6 Å². The molecule has 1 saturated carbocycles. The van der Waals surface area contributed by atoms with E-state index < -0.39 is 12.1 Å². The van der Waals surface area contributed by atoms with Crippen molar-refractivity contribution in [3.8, 4) is 0 Å². The fourth-order valence-corrected chi connectivity index (χ4v) is 3.06. The molecule has 20 heavy (non-hydrogen) atoms. The molecule has 3 atom stereocenters. The standard InChI is InChI=1S/C15H19ClF3N/c1-10(11-4-2-6-13(16)8-11)20-14-7-3-5-12(9-14)15(17,18)19/h2,4,6,8,10,12,14,20H,3,5,7,9H2,1H3/t10-,12?,14?/m0/s1. The first kappa shape index (κ1) is 15.6. The topological polar surface area (TPSA) is 12.0 Å². The third-order valence-corrected chi connectivity index (χ3v) is 4.21. The average molecular weight is 306 g/mol. The molecule has 1 aromatic carbocycles. The molecule has 2 unspecified atom stereocenters. The Morgan fingerprint density at radius 2 is 2.05 bits per heavy atom. The van der Waals surface area contributed by atoms with Crippen LogP contribution in [0.2, 0.25) is 5.02 Å². The molecular weight excluding hydrogens is 287 g/mol. The predicted molar refractivity (Wildman–Crippen MR) is 74.8 cm³/mol. The molecule has 1 N–H and O–H groups in total. The van der Waals surface area contributed by atoms with Crippen molar-refractivity contribution in [2.45, 2.75) is 50.9 Å². The van der Waals surface area contributed by atoms with Gasteiger partial charge in [-0.25, -0.2) is 0 Å². The van der Waals surface area contributed by atoms with Gasteiger partial charge in [-0.3, -0.25) is 0 Å². The van der Waals surface area contributed by atoms with Crippen LogP contribution in [0.4, 0.5) is 13.2 Å². The number of benzene rings is 1. The minimum absolute atomic E-state index is 0.00526. The molecule has 1 nitrogen and oxygen atoms in total. The molecule has 1 aliphatic rings. The second-order valence-electron chi connectivity index (χ2n) is 5.55. The molecule has 0 saturated heterocycles. The van der Waals surface area contributed by atoms with Crippen LogP contribution < -0.4 is 5.32 Å². The van der Waals surface area contributed by atoms with E-state index in [-0.39, 0.29) is 24.9 Å². The maximum atomic E-state index is 12.8. The lowest BCUT2D eigenvalue weighted by molar-refractivity contribution is -0.183. The third kappa shape index (κ3) is 4.13. The Labute approximate surface area is 122 Å². The second kappa shape index (κ2) is 6.35. The summed E-state index contributed by atoms with van der Waals surface area (Å²) >= 11 is 5.94. The van der Waals surface area contributed by atoms with Gasteiger partial charge in [-0.2, -0.15) is 13.2 Å². The minimum atomic E-state index is -4.07. The van der Waals surface area contributed by atoms with E-state index in [1.165, 1.54) is 0 Å². The van der Waals surface area contributed by atoms with E-state index in [0.29, 0.717) is 11.4 Å². The molecule has 0 amide bonds. The second-order valence-corrected chi connectivity index (χ2v) is 5.98. The fourth-order valence-electron chi connectivity index (χ4n) is 2.86. The maximum absolute atomic E-state index is 12.8. The zero-order chi connectivity index (χ0) is 14.8. The van der Waals surface area contributed by atoms with Crippen molar-refractivity contribution in [1.29, 1.82) is 0 Å². The van der Waals surface area contributed by atoms with Gasteiger partial charge in [0.05, 0.1) is 5.92 Å². The van der Waals surface area contributed by atoms with E-state index in [4.69, 9.17) is 11.6 Å². The first-order valence-corrected chi connectivity index (χ1v) is 7.32. The van der Waals surface area contributed by atoms with E-state index in [2.05, 4.69) is 5.32 Å². The molecule has 0 bridgehead atoms. The first-order valence-electron chi connectivity index (χ1n) is 6.94. The molecule has 1 aliphatic carbocycles. The lowest BCUT2D eigenvalue weighted by Gasteiger charge is -2.33. The van der Waals surface area contributed by atoms with E-state index in [1.807, 2.05) is 25.1 Å². The molecule has 0 aliphatic heterocycles. The van der Waals surface area contributed by atoms with Gasteiger partial charge >= 0.3 is 6.18 Å². The summed E-state index contributed by atoms with van der Waals surface area (Å²) in [7, 11) is 0. The highest BCUT2D eigenvalue weighted by Gasteiger charge is 2.42. The summed E-state index contributed by atoms with van der Waals surface area (Å²) in [6.07, 6.45) is -2.21. The number of rotatable bonds is 3. The Kier molecular flexibility index (Phi) is 4.97. The number of nitrogens with one attached hydrogen (secondary N) is 1. The van der Waals surface area contributed by atoms with Crippen LogP contribution in [0.25, 0.3) is 0 Å². The number of halogens is 4. The van der Waals surface area contributed by atoms with Crippen LogP contribution in [0.1, 0.15) is 44.2 Å². The van der Waals surface area contributed by atoms with Gasteiger partial charge < -0.3 is 5.32 Å². The minimum Gasteiger partial charge on any atom is -0.307 e. The molecular formula is C15H19ClF3N. The quantitative estimate of drug-likeness (QED) is 0.818. The monoisotopic (exact) mass is 305 g/mol. The summed E-state index contributed by atoms with van der Waals surface area (Å²) in [5, 5.41) is 3.95. The zero-order valence-corrected chi connectivity index (χ0v) is 12.1. The van der Waals surface area contributed by atoms with Crippen LogP contribution in [0.3, 0.4) is 0 Å². The normalized spacial score (nSPS) is 25.4. The highest BCUT2D eigenvalue weighted by Crippen LogP contribution is 2.38. The number of hydrogen-bond acceptors (Lipinski definition) is 1. The molecule has 1 fully saturated rings. The van der Waals surface area contributed by atoms with E-state index >= 15 is 0 Å². The van der Waals surface area contributed by atoms with Crippen molar-refractivity contribution < 1.29 is 13.2 Å². The van der Waals surface area contributed by atoms with Crippen molar-refractivity contribution in [3.05, 3.63) is 34.9 Å². The predicted octanol–water partition coefficient (Wildman–Crippen LogP) is 5.11. The van der Waals surface area contributed by atoms with Crippen molar-refractivity contribution in [2.24, 2.45) is 5.92 Å². The molecule has 0 spiro atoms. The average Bonchev–Trinajstić information content (AvgIpc) is 2.38. The molecule has 112 valence electrons. The fraction of sp³-hybridized carbons (Fsp3) is 0.600. The van der Waals surface area contributed by atoms with Gasteiger partial charge in [0.15, 0.2) is 0 Å². The van der Waals surface area contributed by atoms with Gasteiger partial charge in [-0.05, 0) is 43.9 Å². The van der Waals surface area contributed by atoms with Crippen LogP contribution in [0, 0.1) is 5.92 Å². The lowest BCUT2D eigenvalue weighted by atomic mass is 9.85. The highest BCUT2D eigenvalue weighted by atomic mass is 35.5. The Bertz CT molecular complexity index is 447. The van der Waals surface area contributed by atoms with E-state index in [9.17, 15) is 13.2 Å². The Balaban J connectivity index is 1.96. The summed E-state index contributed by atoms with van der Waals surface area (Å²) in [6, 6.07) is 7.36. The Morgan fingerprint density at radius 1 is 1.30 bits per heavy atom. The van der Waals surface area contributed by atoms with Crippen LogP contribution in [0.5, 0.6) is 0 Å². The molecule has 0 radical (unpaired) electrons. The summed E-state index contributed by atoms with van der Waals surface area (Å²) < 4.78 is 38.3. The van der Waals surface area contributed by atoms with E-state index in [1.54, 1.807) is 6.07 Å². The van der Waals surface area contributed by atoms with Crippen molar-refractivity contribution in [2.75, 3.05) is 0 Å². The molecule has 5 heteroatoms. The van der Waals surface area contributed by atoms with Crippen LogP contribution in [-0.2, 0) is 0 Å². The Morgan fingerprint density at radius 3 is 2.70 bits per heavy atom. The van der Waals surface area contributed by atoms with Crippen LogP contribution in [0.15, 0.2) is 24.3 Å². The third-order valence-electron chi connectivity index (χ3n) is 3.97. The maximum Gasteiger partial charge on any atom is 0.391 e. The van der Waals surface area contributed by atoms with E-state index in [0.717, 1.165) is 12.0 Å². The zero-order valence-electron chi connectivity index (χ0n) is 11.4. The van der Waals surface area contributed by atoms with Gasteiger partial charge in [0.25, 0.3) is 0 Å². The summed E-state index contributed by atoms with van der Waals surface area (Å²) in [4.78, 5) is 0. The van der Waals surface area contributed by atoms with Gasteiger partial charge in [0.2, 0.25) is 0 Å². The molecule has 1 aromatic rings. The smallest absolute Gasteiger partial charge is 0.307 e. The van der Waals surface area contributed by atoms with Crippen LogP contribution >= 0.6 is 11.6 Å². The molecule has 0 aromatic heterocycles. The van der Waals surface area contributed by atoms with Gasteiger partial charge in [-0.1, -0.05) is 30.2 Å². The van der Waals surface area contributed by atoms with Gasteiger partial charge in [-0.15, -0.1) is 0 Å². The number of alkyl halides is 3. The Hall–Kier alpha value is -0.740.